The Labute approximate surface area is 298 Å². The summed E-state index contributed by atoms with van der Waals surface area (Å²) in [5, 5.41) is 13.3. The summed E-state index contributed by atoms with van der Waals surface area (Å²) >= 11 is 0. The van der Waals surface area contributed by atoms with Crippen LogP contribution in [0.1, 0.15) is 90.8 Å². The minimum Gasteiger partial charge on any atom is -0.478 e. The van der Waals surface area contributed by atoms with E-state index in [4.69, 9.17) is 5.11 Å². The van der Waals surface area contributed by atoms with E-state index in [1.165, 1.54) is 24.8 Å². The van der Waals surface area contributed by atoms with E-state index >= 15 is 0 Å². The number of hydrogen-bond donors (Lipinski definition) is 2. The van der Waals surface area contributed by atoms with Crippen molar-refractivity contribution in [2.24, 2.45) is 0 Å². The summed E-state index contributed by atoms with van der Waals surface area (Å²) < 4.78 is 2.10. The van der Waals surface area contributed by atoms with Crippen LogP contribution >= 0.6 is 0 Å². The standard InChI is InChI=1S/C42H46N4O5/c1-44(2)36(47)27-46-35-26-32(17-18-33(35)38(29-11-5-3-6-12-29)39(46)30-13-7-4-8-14-30)40(50)43-42(22-9-10-23-42)41(51)45-24-21-31-25-28(15-19-34(31)45)16-20-37(48)49/h4,7-8,13-20,25-26,29H,3,5-6,9-12,21-24,27H2,1-2H3,(H,43,50)(H,48,49). The molecule has 51 heavy (non-hydrogen) atoms. The predicted molar refractivity (Wildman–Crippen MR) is 200 cm³/mol. The third-order valence-corrected chi connectivity index (χ3v) is 11.1. The number of hydrogen-bond acceptors (Lipinski definition) is 4. The minimum absolute atomic E-state index is 0.0273. The van der Waals surface area contributed by atoms with Gasteiger partial charge in [0, 0.05) is 43.4 Å². The number of rotatable bonds is 9. The Hall–Kier alpha value is -5.18. The molecule has 3 amide bonds. The highest BCUT2D eigenvalue weighted by molar-refractivity contribution is 6.07. The van der Waals surface area contributed by atoms with Gasteiger partial charge in [-0.25, -0.2) is 4.79 Å². The van der Waals surface area contributed by atoms with Crippen molar-refractivity contribution < 1.29 is 24.3 Å². The summed E-state index contributed by atoms with van der Waals surface area (Å²) in [5.74, 6) is -1.08. The first kappa shape index (κ1) is 34.3. The maximum absolute atomic E-state index is 14.4. The van der Waals surface area contributed by atoms with Crippen LogP contribution in [0.3, 0.4) is 0 Å². The van der Waals surface area contributed by atoms with Crippen molar-refractivity contribution in [2.45, 2.75) is 82.2 Å². The lowest BCUT2D eigenvalue weighted by atomic mass is 9.81. The number of benzene rings is 3. The highest BCUT2D eigenvalue weighted by Crippen LogP contribution is 2.44. The molecule has 9 nitrogen and oxygen atoms in total. The number of anilines is 1. The van der Waals surface area contributed by atoms with E-state index in [1.54, 1.807) is 30.0 Å². The predicted octanol–water partition coefficient (Wildman–Crippen LogP) is 7.17. The number of carboxylic acids is 1. The van der Waals surface area contributed by atoms with Crippen LogP contribution in [0.4, 0.5) is 5.69 Å². The lowest BCUT2D eigenvalue weighted by Gasteiger charge is -2.33. The van der Waals surface area contributed by atoms with Crippen LogP contribution in [0.15, 0.2) is 72.8 Å². The molecule has 2 N–H and O–H groups in total. The van der Waals surface area contributed by atoms with Crippen LogP contribution in [-0.2, 0) is 27.3 Å². The second-order valence-corrected chi connectivity index (χ2v) is 14.6. The average molecular weight is 687 g/mol. The van der Waals surface area contributed by atoms with Gasteiger partial charge in [-0.05, 0) is 90.6 Å². The van der Waals surface area contributed by atoms with E-state index in [0.29, 0.717) is 37.3 Å². The van der Waals surface area contributed by atoms with Crippen LogP contribution in [0.2, 0.25) is 0 Å². The van der Waals surface area contributed by atoms with Crippen LogP contribution in [0.25, 0.3) is 28.2 Å². The van der Waals surface area contributed by atoms with Gasteiger partial charge >= 0.3 is 5.97 Å². The smallest absolute Gasteiger partial charge is 0.328 e. The van der Waals surface area contributed by atoms with Gasteiger partial charge in [-0.15, -0.1) is 0 Å². The van der Waals surface area contributed by atoms with Crippen molar-refractivity contribution in [2.75, 3.05) is 25.5 Å². The summed E-state index contributed by atoms with van der Waals surface area (Å²) in [6, 6.07) is 21.7. The number of carbonyl (C=O) groups is 4. The third-order valence-electron chi connectivity index (χ3n) is 11.1. The normalized spacial score (nSPS) is 17.2. The maximum Gasteiger partial charge on any atom is 0.328 e. The number of fused-ring (bicyclic) bond motifs is 2. The highest BCUT2D eigenvalue weighted by Gasteiger charge is 2.46. The molecule has 2 fully saturated rings. The molecule has 1 aliphatic heterocycles. The fraction of sp³-hybridized carbons (Fsp3) is 0.381. The molecule has 2 saturated carbocycles. The number of nitrogens with zero attached hydrogens (tertiary/aromatic N) is 3. The van der Waals surface area contributed by atoms with Gasteiger partial charge in [0.25, 0.3) is 11.8 Å². The number of likely N-dealkylation sites (N-methyl/N-ethyl adjacent to an activating group) is 1. The van der Waals surface area contributed by atoms with Crippen molar-refractivity contribution >= 4 is 46.4 Å². The Balaban J connectivity index is 1.25. The molecule has 1 aromatic heterocycles. The molecule has 2 heterocycles. The number of aromatic nitrogens is 1. The Kier molecular flexibility index (Phi) is 9.55. The van der Waals surface area contributed by atoms with E-state index in [-0.39, 0.29) is 24.3 Å². The van der Waals surface area contributed by atoms with Crippen LogP contribution in [-0.4, -0.2) is 64.4 Å². The third kappa shape index (κ3) is 6.69. The summed E-state index contributed by atoms with van der Waals surface area (Å²) in [6.07, 6.45) is 11.9. The Morgan fingerprint density at radius 3 is 2.37 bits per heavy atom. The molecule has 0 saturated heterocycles. The molecule has 2 aliphatic carbocycles. The first-order valence-corrected chi connectivity index (χ1v) is 18.3. The minimum atomic E-state index is -1.03. The zero-order valence-electron chi connectivity index (χ0n) is 29.5. The van der Waals surface area contributed by atoms with Gasteiger partial charge in [0.05, 0.1) is 11.2 Å². The zero-order chi connectivity index (χ0) is 35.7. The van der Waals surface area contributed by atoms with Gasteiger partial charge in [0.2, 0.25) is 5.91 Å². The van der Waals surface area contributed by atoms with Crippen LogP contribution < -0.4 is 10.2 Å². The van der Waals surface area contributed by atoms with Crippen molar-refractivity contribution in [3.63, 3.8) is 0 Å². The molecular weight excluding hydrogens is 640 g/mol. The number of aliphatic carboxylic acids is 1. The summed E-state index contributed by atoms with van der Waals surface area (Å²) in [7, 11) is 3.53. The van der Waals surface area contributed by atoms with Gasteiger partial charge in [-0.2, -0.15) is 0 Å². The van der Waals surface area contributed by atoms with Crippen molar-refractivity contribution in [3.8, 4) is 11.3 Å². The van der Waals surface area contributed by atoms with Gasteiger partial charge < -0.3 is 24.8 Å². The average Bonchev–Trinajstić information content (AvgIpc) is 3.87. The van der Waals surface area contributed by atoms with Crippen molar-refractivity contribution in [1.82, 2.24) is 14.8 Å². The van der Waals surface area contributed by atoms with E-state index in [0.717, 1.165) is 70.7 Å². The van der Waals surface area contributed by atoms with E-state index in [2.05, 4.69) is 22.0 Å². The molecule has 4 aromatic rings. The second-order valence-electron chi connectivity index (χ2n) is 14.6. The first-order chi connectivity index (χ1) is 24.6. The second kappa shape index (κ2) is 14.2. The molecule has 0 bridgehead atoms. The molecule has 3 aliphatic rings. The van der Waals surface area contributed by atoms with Crippen LogP contribution in [0.5, 0.6) is 0 Å². The first-order valence-electron chi connectivity index (χ1n) is 18.3. The largest absolute Gasteiger partial charge is 0.478 e. The molecule has 7 rings (SSSR count). The van der Waals surface area contributed by atoms with Gasteiger partial charge in [0.1, 0.15) is 12.1 Å². The van der Waals surface area contributed by atoms with Crippen molar-refractivity contribution in [3.05, 3.63) is 95.1 Å². The SMILES string of the molecule is CN(C)C(=O)Cn1c(-c2ccccc2)c(C2CCCCC2)c2ccc(C(=O)NC3(C(=O)N4CCc5cc(C=CC(=O)O)ccc54)CCCC3)cc21. The molecule has 0 unspecified atom stereocenters. The van der Waals surface area contributed by atoms with Gasteiger partial charge in [-0.3, -0.25) is 14.4 Å². The number of carbonyl (C=O) groups excluding carboxylic acids is 3. The summed E-state index contributed by atoms with van der Waals surface area (Å²) in [6.45, 7) is 0.652. The molecule has 0 atom stereocenters. The monoisotopic (exact) mass is 686 g/mol. The lowest BCUT2D eigenvalue weighted by Crippen LogP contribution is -2.58. The molecule has 3 aromatic carbocycles. The van der Waals surface area contributed by atoms with E-state index < -0.39 is 11.5 Å². The van der Waals surface area contributed by atoms with Crippen molar-refractivity contribution in [1.29, 1.82) is 0 Å². The number of nitrogens with one attached hydrogen (secondary N) is 1. The quantitative estimate of drug-likeness (QED) is 0.181. The maximum atomic E-state index is 14.4. The van der Waals surface area contributed by atoms with Gasteiger partial charge in [0.15, 0.2) is 0 Å². The molecule has 264 valence electrons. The van der Waals surface area contributed by atoms with Gasteiger partial charge in [-0.1, -0.05) is 74.6 Å². The fourth-order valence-electron chi connectivity index (χ4n) is 8.49. The van der Waals surface area contributed by atoms with E-state index in [1.807, 2.05) is 54.6 Å². The Morgan fingerprint density at radius 2 is 1.67 bits per heavy atom. The summed E-state index contributed by atoms with van der Waals surface area (Å²) in [5.41, 5.74) is 6.20. The molecule has 0 spiro atoms. The van der Waals surface area contributed by atoms with Crippen LogP contribution in [0, 0.1) is 0 Å². The fourth-order valence-corrected chi connectivity index (χ4v) is 8.49. The molecular formula is C42H46N4O5. The topological polar surface area (TPSA) is 112 Å². The lowest BCUT2D eigenvalue weighted by molar-refractivity contribution is -0.131. The van der Waals surface area contributed by atoms with E-state index in [9.17, 15) is 19.2 Å². The molecule has 9 heteroatoms. The molecule has 0 radical (unpaired) electrons. The Bertz CT molecular complexity index is 2020. The Morgan fingerprint density at radius 1 is 0.922 bits per heavy atom. The number of carboxylic acid groups (broad SMARTS) is 1. The number of amides is 3. The highest BCUT2D eigenvalue weighted by atomic mass is 16.4. The summed E-state index contributed by atoms with van der Waals surface area (Å²) in [4.78, 5) is 56.4. The zero-order valence-corrected chi connectivity index (χ0v) is 29.5.